The van der Waals surface area contributed by atoms with Gasteiger partial charge in [-0.3, -0.25) is 9.69 Å². The zero-order valence-corrected chi connectivity index (χ0v) is 17.6. The Bertz CT molecular complexity index is 953. The van der Waals surface area contributed by atoms with Crippen molar-refractivity contribution >= 4 is 16.0 Å². The lowest BCUT2D eigenvalue weighted by Crippen LogP contribution is -2.30. The van der Waals surface area contributed by atoms with E-state index in [1.165, 1.54) is 38.4 Å². The summed E-state index contributed by atoms with van der Waals surface area (Å²) < 4.78 is 73.9. The number of furan rings is 1. The predicted octanol–water partition coefficient (Wildman–Crippen LogP) is 3.11. The minimum Gasteiger partial charge on any atom is -0.465 e. The molecule has 2 rings (SSSR count). The van der Waals surface area contributed by atoms with Crippen LogP contribution < -0.4 is 0 Å². The number of hydrogen-bond acceptors (Lipinski definition) is 6. The highest BCUT2D eigenvalue weighted by molar-refractivity contribution is 7.88. The Kier molecular flexibility index (Phi) is 7.67. The van der Waals surface area contributed by atoms with Crippen molar-refractivity contribution in [2.45, 2.75) is 31.3 Å². The summed E-state index contributed by atoms with van der Waals surface area (Å²) in [5, 5.41) is -0.242. The van der Waals surface area contributed by atoms with Crippen LogP contribution in [0.1, 0.15) is 23.8 Å². The van der Waals surface area contributed by atoms with Gasteiger partial charge in [-0.2, -0.15) is 13.2 Å². The fourth-order valence-electron chi connectivity index (χ4n) is 2.60. The summed E-state index contributed by atoms with van der Waals surface area (Å²) in [5.74, 6) is -0.233. The standard InChI is InChI=1S/C19H23F3N2O5S/c1-4-28-17(25)13-24(11-14-5-7-15(8-6-14)19(20,21)22)12-16-9-10-18(29-16)30(26,27)23(2)3/h5-10H,4,11-13H2,1-3H3. The average Bonchev–Trinajstić information content (AvgIpc) is 3.10. The number of hydrogen-bond donors (Lipinski definition) is 0. The van der Waals surface area contributed by atoms with E-state index in [-0.39, 0.29) is 37.1 Å². The van der Waals surface area contributed by atoms with Crippen LogP contribution in [0.25, 0.3) is 0 Å². The lowest BCUT2D eigenvalue weighted by atomic mass is 10.1. The largest absolute Gasteiger partial charge is 0.465 e. The van der Waals surface area contributed by atoms with Crippen LogP contribution in [0.3, 0.4) is 0 Å². The second-order valence-electron chi connectivity index (χ2n) is 6.65. The first-order chi connectivity index (χ1) is 13.9. The molecule has 0 radical (unpaired) electrons. The fourth-order valence-corrected chi connectivity index (χ4v) is 3.41. The SMILES string of the molecule is CCOC(=O)CN(Cc1ccc(C(F)(F)F)cc1)Cc1ccc(S(=O)(=O)N(C)C)o1. The van der Waals surface area contributed by atoms with Gasteiger partial charge in [0.05, 0.1) is 25.3 Å². The summed E-state index contributed by atoms with van der Waals surface area (Å²) in [6, 6.07) is 7.36. The van der Waals surface area contributed by atoms with Gasteiger partial charge in [0.2, 0.25) is 5.09 Å². The lowest BCUT2D eigenvalue weighted by Gasteiger charge is -2.20. The summed E-state index contributed by atoms with van der Waals surface area (Å²) in [4.78, 5) is 13.5. The van der Waals surface area contributed by atoms with E-state index in [2.05, 4.69) is 0 Å². The summed E-state index contributed by atoms with van der Waals surface area (Å²) in [7, 11) is -1.01. The molecule has 1 aromatic carbocycles. The normalized spacial score (nSPS) is 12.5. The molecule has 0 atom stereocenters. The van der Waals surface area contributed by atoms with E-state index in [4.69, 9.17) is 9.15 Å². The Morgan fingerprint density at radius 3 is 2.23 bits per heavy atom. The Hall–Kier alpha value is -2.37. The van der Waals surface area contributed by atoms with E-state index in [1.807, 2.05) is 0 Å². The van der Waals surface area contributed by atoms with Gasteiger partial charge in [0, 0.05) is 20.6 Å². The van der Waals surface area contributed by atoms with Crippen LogP contribution in [-0.2, 0) is 38.8 Å². The molecule has 0 saturated heterocycles. The maximum absolute atomic E-state index is 12.7. The second kappa shape index (κ2) is 9.63. The van der Waals surface area contributed by atoms with Crippen molar-refractivity contribution < 1.29 is 35.5 Å². The number of rotatable bonds is 9. The zero-order valence-electron chi connectivity index (χ0n) is 16.8. The van der Waals surface area contributed by atoms with E-state index in [0.29, 0.717) is 5.56 Å². The number of benzene rings is 1. The van der Waals surface area contributed by atoms with Gasteiger partial charge in [-0.1, -0.05) is 12.1 Å². The molecular formula is C19H23F3N2O5S. The Morgan fingerprint density at radius 1 is 1.07 bits per heavy atom. The topological polar surface area (TPSA) is 80.1 Å². The van der Waals surface area contributed by atoms with Gasteiger partial charge < -0.3 is 9.15 Å². The number of sulfonamides is 1. The minimum atomic E-state index is -4.44. The summed E-state index contributed by atoms with van der Waals surface area (Å²) >= 11 is 0. The van der Waals surface area contributed by atoms with Crippen molar-refractivity contribution in [2.24, 2.45) is 0 Å². The third kappa shape index (κ3) is 6.31. The Labute approximate surface area is 173 Å². The molecule has 1 aromatic heterocycles. The van der Waals surface area contributed by atoms with Gasteiger partial charge in [0.25, 0.3) is 10.0 Å². The number of carbonyl (C=O) groups is 1. The molecule has 0 aliphatic rings. The van der Waals surface area contributed by atoms with Crippen LogP contribution in [0, 0.1) is 0 Å². The van der Waals surface area contributed by atoms with Crippen molar-refractivity contribution in [2.75, 3.05) is 27.2 Å². The molecule has 1 heterocycles. The number of esters is 1. The van der Waals surface area contributed by atoms with Crippen molar-refractivity contribution in [3.63, 3.8) is 0 Å². The number of nitrogens with zero attached hydrogens (tertiary/aromatic N) is 2. The summed E-state index contributed by atoms with van der Waals surface area (Å²) in [5.41, 5.74) is -0.229. The van der Waals surface area contributed by atoms with Crippen LogP contribution in [0.4, 0.5) is 13.2 Å². The predicted molar refractivity (Wildman–Crippen MR) is 102 cm³/mol. The van der Waals surface area contributed by atoms with Crippen molar-refractivity contribution in [1.82, 2.24) is 9.21 Å². The average molecular weight is 448 g/mol. The van der Waals surface area contributed by atoms with Crippen LogP contribution >= 0.6 is 0 Å². The molecule has 0 unspecified atom stereocenters. The van der Waals surface area contributed by atoms with Crippen LogP contribution in [-0.4, -0.2) is 50.8 Å². The van der Waals surface area contributed by atoms with Crippen LogP contribution in [0.15, 0.2) is 45.9 Å². The smallest absolute Gasteiger partial charge is 0.416 e. The van der Waals surface area contributed by atoms with Crippen molar-refractivity contribution in [3.05, 3.63) is 53.3 Å². The second-order valence-corrected chi connectivity index (χ2v) is 8.74. The van der Waals surface area contributed by atoms with Gasteiger partial charge in [0.15, 0.2) is 0 Å². The highest BCUT2D eigenvalue weighted by Crippen LogP contribution is 2.29. The quantitative estimate of drug-likeness (QED) is 0.549. The molecule has 0 saturated carbocycles. The first-order valence-corrected chi connectivity index (χ1v) is 10.4. The number of carbonyl (C=O) groups excluding carboxylic acids is 1. The Morgan fingerprint density at radius 2 is 1.70 bits per heavy atom. The van der Waals surface area contributed by atoms with Gasteiger partial charge in [-0.05, 0) is 36.8 Å². The van der Waals surface area contributed by atoms with E-state index in [0.717, 1.165) is 16.4 Å². The molecule has 0 amide bonds. The van der Waals surface area contributed by atoms with Gasteiger partial charge in [0.1, 0.15) is 5.76 Å². The molecule has 30 heavy (non-hydrogen) atoms. The maximum Gasteiger partial charge on any atom is 0.416 e. The van der Waals surface area contributed by atoms with E-state index in [1.54, 1.807) is 11.8 Å². The Balaban J connectivity index is 2.20. The molecule has 2 aromatic rings. The molecule has 166 valence electrons. The van der Waals surface area contributed by atoms with Crippen LogP contribution in [0.2, 0.25) is 0 Å². The minimum absolute atomic E-state index is 0.0583. The molecule has 0 aliphatic heterocycles. The van der Waals surface area contributed by atoms with Gasteiger partial charge in [-0.15, -0.1) is 0 Å². The monoisotopic (exact) mass is 448 g/mol. The molecule has 0 N–H and O–H groups in total. The first-order valence-electron chi connectivity index (χ1n) is 8.99. The maximum atomic E-state index is 12.7. The molecule has 7 nitrogen and oxygen atoms in total. The van der Waals surface area contributed by atoms with Gasteiger partial charge >= 0.3 is 12.1 Å². The van der Waals surface area contributed by atoms with E-state index >= 15 is 0 Å². The number of ether oxygens (including phenoxy) is 1. The molecule has 0 fully saturated rings. The zero-order chi connectivity index (χ0) is 22.5. The van der Waals surface area contributed by atoms with Gasteiger partial charge in [-0.25, -0.2) is 12.7 Å². The highest BCUT2D eigenvalue weighted by atomic mass is 32.2. The number of halogens is 3. The summed E-state index contributed by atoms with van der Waals surface area (Å²) in [6.07, 6.45) is -4.44. The van der Waals surface area contributed by atoms with Crippen LogP contribution in [0.5, 0.6) is 0 Å². The third-order valence-electron chi connectivity index (χ3n) is 4.10. The van der Waals surface area contributed by atoms with Crippen molar-refractivity contribution in [1.29, 1.82) is 0 Å². The van der Waals surface area contributed by atoms with E-state index < -0.39 is 27.7 Å². The molecular weight excluding hydrogens is 425 g/mol. The fraction of sp³-hybridized carbons (Fsp3) is 0.421. The third-order valence-corrected chi connectivity index (χ3v) is 5.79. The molecule has 0 spiro atoms. The molecule has 0 aliphatic carbocycles. The lowest BCUT2D eigenvalue weighted by molar-refractivity contribution is -0.144. The number of alkyl halides is 3. The molecule has 11 heteroatoms. The first kappa shape index (κ1) is 23.9. The van der Waals surface area contributed by atoms with E-state index in [9.17, 15) is 26.4 Å². The highest BCUT2D eigenvalue weighted by Gasteiger charge is 2.30. The van der Waals surface area contributed by atoms with Crippen molar-refractivity contribution in [3.8, 4) is 0 Å². The summed E-state index contributed by atoms with van der Waals surface area (Å²) in [6.45, 7) is 1.88. The molecule has 0 bridgehead atoms.